The summed E-state index contributed by atoms with van der Waals surface area (Å²) in [5.74, 6) is 0.0454. The average molecular weight is 267 g/mol. The molecule has 0 saturated carbocycles. The highest BCUT2D eigenvalue weighted by molar-refractivity contribution is 5.98. The standard InChI is InChI=1S/C14H11N4O2/c1-10(19)18(13-4-2-3-11(7-13)9-15)14-8-12(17-20)5-6-16-14/h2-8H,1H3,(H-,16,17,20)/q-1. The van der Waals surface area contributed by atoms with Crippen molar-refractivity contribution in [3.63, 3.8) is 0 Å². The molecule has 0 fully saturated rings. The number of nitrogens with zero attached hydrogens (tertiary/aromatic N) is 3. The van der Waals surface area contributed by atoms with Crippen molar-refractivity contribution in [2.45, 2.75) is 6.92 Å². The van der Waals surface area contributed by atoms with E-state index in [1.165, 1.54) is 30.2 Å². The number of rotatable bonds is 3. The normalized spacial score (nSPS) is 9.65. The van der Waals surface area contributed by atoms with E-state index < -0.39 is 0 Å². The summed E-state index contributed by atoms with van der Waals surface area (Å²) in [7, 11) is 0. The predicted molar refractivity (Wildman–Crippen MR) is 75.2 cm³/mol. The van der Waals surface area contributed by atoms with E-state index in [1.54, 1.807) is 29.7 Å². The van der Waals surface area contributed by atoms with E-state index in [2.05, 4.69) is 4.98 Å². The zero-order valence-electron chi connectivity index (χ0n) is 10.7. The van der Waals surface area contributed by atoms with E-state index in [0.29, 0.717) is 22.8 Å². The minimum absolute atomic E-state index is 0.268. The first kappa shape index (κ1) is 13.5. The summed E-state index contributed by atoms with van der Waals surface area (Å²) in [5, 5.41) is 19.6. The monoisotopic (exact) mass is 267 g/mol. The molecular formula is C14H11N4O2-. The number of hydrogen-bond donors (Lipinski definition) is 1. The molecule has 6 nitrogen and oxygen atoms in total. The quantitative estimate of drug-likeness (QED) is 0.863. The van der Waals surface area contributed by atoms with Crippen molar-refractivity contribution in [1.82, 2.24) is 4.98 Å². The van der Waals surface area contributed by atoms with Crippen LogP contribution in [0.4, 0.5) is 17.2 Å². The fourth-order valence-electron chi connectivity index (χ4n) is 1.79. The second-order valence-electron chi connectivity index (χ2n) is 4.02. The van der Waals surface area contributed by atoms with Crippen molar-refractivity contribution in [2.75, 3.05) is 10.4 Å². The summed E-state index contributed by atoms with van der Waals surface area (Å²) in [6.07, 6.45) is 1.43. The van der Waals surface area contributed by atoms with E-state index in [4.69, 9.17) is 5.26 Å². The zero-order chi connectivity index (χ0) is 14.5. The highest BCUT2D eigenvalue weighted by Crippen LogP contribution is 2.26. The Morgan fingerprint density at radius 1 is 1.40 bits per heavy atom. The van der Waals surface area contributed by atoms with Crippen LogP contribution >= 0.6 is 0 Å². The number of benzene rings is 1. The smallest absolute Gasteiger partial charge is 0.229 e. The van der Waals surface area contributed by atoms with Crippen molar-refractivity contribution < 1.29 is 4.79 Å². The molecule has 2 rings (SSSR count). The number of pyridine rings is 1. The number of carbonyl (C=O) groups is 1. The predicted octanol–water partition coefficient (Wildman–Crippen LogP) is 2.55. The number of nitrogens with one attached hydrogen (secondary N) is 1. The molecule has 0 bridgehead atoms. The Morgan fingerprint density at radius 2 is 2.20 bits per heavy atom. The van der Waals surface area contributed by atoms with Crippen LogP contribution in [-0.4, -0.2) is 10.9 Å². The molecule has 0 aliphatic carbocycles. The van der Waals surface area contributed by atoms with Crippen LogP contribution in [-0.2, 0) is 4.79 Å². The summed E-state index contributed by atoms with van der Waals surface area (Å²) >= 11 is 0. The Morgan fingerprint density at radius 3 is 2.85 bits per heavy atom. The van der Waals surface area contributed by atoms with Gasteiger partial charge in [-0.05, 0) is 24.3 Å². The molecule has 0 aliphatic rings. The Kier molecular flexibility index (Phi) is 3.93. The molecule has 1 aromatic heterocycles. The lowest BCUT2D eigenvalue weighted by Crippen LogP contribution is -2.23. The maximum absolute atomic E-state index is 11.8. The van der Waals surface area contributed by atoms with Crippen LogP contribution in [0.25, 0.3) is 0 Å². The van der Waals surface area contributed by atoms with Gasteiger partial charge in [-0.25, -0.2) is 4.98 Å². The van der Waals surface area contributed by atoms with E-state index in [1.807, 2.05) is 6.07 Å². The lowest BCUT2D eigenvalue weighted by atomic mass is 10.2. The molecule has 1 N–H and O–H groups in total. The van der Waals surface area contributed by atoms with Crippen LogP contribution in [0, 0.1) is 16.5 Å². The molecule has 20 heavy (non-hydrogen) atoms. The van der Waals surface area contributed by atoms with Gasteiger partial charge in [-0.1, -0.05) is 6.07 Å². The van der Waals surface area contributed by atoms with E-state index in [0.717, 1.165) is 0 Å². The summed E-state index contributed by atoms with van der Waals surface area (Å²) in [6.45, 7) is 1.39. The van der Waals surface area contributed by atoms with E-state index >= 15 is 0 Å². The van der Waals surface area contributed by atoms with Gasteiger partial charge < -0.3 is 10.7 Å². The van der Waals surface area contributed by atoms with Gasteiger partial charge >= 0.3 is 0 Å². The largest absolute Gasteiger partial charge is 0.761 e. The average Bonchev–Trinajstić information content (AvgIpc) is 2.47. The summed E-state index contributed by atoms with van der Waals surface area (Å²) < 4.78 is 0. The zero-order valence-corrected chi connectivity index (χ0v) is 10.7. The maximum Gasteiger partial charge on any atom is 0.229 e. The van der Waals surface area contributed by atoms with Gasteiger partial charge in [-0.3, -0.25) is 9.69 Å². The van der Waals surface area contributed by atoms with Crippen LogP contribution < -0.4 is 10.4 Å². The van der Waals surface area contributed by atoms with Crippen LogP contribution in [0.2, 0.25) is 0 Å². The molecular weight excluding hydrogens is 256 g/mol. The molecule has 0 unspecified atom stereocenters. The van der Waals surface area contributed by atoms with Gasteiger partial charge in [0.2, 0.25) is 5.91 Å². The topological polar surface area (TPSA) is 92.1 Å². The minimum atomic E-state index is -0.268. The number of amides is 1. The van der Waals surface area contributed by atoms with Gasteiger partial charge in [0.1, 0.15) is 5.82 Å². The number of anilines is 3. The number of hydrogen-bond acceptors (Lipinski definition) is 5. The molecule has 0 saturated heterocycles. The first-order valence-corrected chi connectivity index (χ1v) is 5.81. The van der Waals surface area contributed by atoms with Crippen LogP contribution in [0.15, 0.2) is 42.6 Å². The summed E-state index contributed by atoms with van der Waals surface area (Å²) in [4.78, 5) is 17.3. The van der Waals surface area contributed by atoms with Crippen LogP contribution in [0.1, 0.15) is 12.5 Å². The van der Waals surface area contributed by atoms with Crippen molar-refractivity contribution >= 4 is 23.1 Å². The van der Waals surface area contributed by atoms with Gasteiger partial charge in [-0.2, -0.15) is 5.26 Å². The Bertz CT molecular complexity index is 679. The molecule has 1 aromatic carbocycles. The minimum Gasteiger partial charge on any atom is -0.761 e. The maximum atomic E-state index is 11.8. The van der Waals surface area contributed by atoms with Gasteiger partial charge in [0.25, 0.3) is 0 Å². The van der Waals surface area contributed by atoms with Crippen molar-refractivity contribution in [3.05, 3.63) is 53.4 Å². The third kappa shape index (κ3) is 2.74. The SMILES string of the molecule is CC(=O)N(c1cccc(C#N)c1)c1cc(N[O-])ccn1. The van der Waals surface area contributed by atoms with Gasteiger partial charge in [0.05, 0.1) is 17.3 Å². The fourth-order valence-corrected chi connectivity index (χ4v) is 1.79. The molecule has 0 atom stereocenters. The Hall–Kier alpha value is -2.91. The fraction of sp³-hybridized carbons (Fsp3) is 0.0714. The van der Waals surface area contributed by atoms with Gasteiger partial charge in [-0.15, -0.1) is 0 Å². The number of aromatic nitrogens is 1. The number of carbonyl (C=O) groups excluding carboxylic acids is 1. The molecule has 2 aromatic rings. The summed E-state index contributed by atoms with van der Waals surface area (Å²) in [6, 6.07) is 11.6. The van der Waals surface area contributed by atoms with Crippen LogP contribution in [0.5, 0.6) is 0 Å². The molecule has 1 heterocycles. The number of nitriles is 1. The lowest BCUT2D eigenvalue weighted by molar-refractivity contribution is -0.115. The molecule has 0 aliphatic heterocycles. The first-order valence-electron chi connectivity index (χ1n) is 5.81. The van der Waals surface area contributed by atoms with E-state index in [-0.39, 0.29) is 5.91 Å². The molecule has 1 amide bonds. The summed E-state index contributed by atoms with van der Waals surface area (Å²) in [5.41, 5.74) is 3.02. The lowest BCUT2D eigenvalue weighted by Gasteiger charge is -2.21. The highest BCUT2D eigenvalue weighted by atomic mass is 16.5. The molecule has 6 heteroatoms. The van der Waals surface area contributed by atoms with E-state index in [9.17, 15) is 10.0 Å². The van der Waals surface area contributed by atoms with Crippen LogP contribution in [0.3, 0.4) is 0 Å². The third-order valence-corrected chi connectivity index (χ3v) is 2.64. The van der Waals surface area contributed by atoms with Gasteiger partial charge in [0, 0.05) is 24.9 Å². The third-order valence-electron chi connectivity index (χ3n) is 2.64. The van der Waals surface area contributed by atoms with Gasteiger partial charge in [0.15, 0.2) is 0 Å². The van der Waals surface area contributed by atoms with Crippen molar-refractivity contribution in [1.29, 1.82) is 5.26 Å². The molecule has 0 radical (unpaired) electrons. The Balaban J connectivity index is 2.50. The molecule has 100 valence electrons. The van der Waals surface area contributed by atoms with Crippen molar-refractivity contribution in [3.8, 4) is 6.07 Å². The van der Waals surface area contributed by atoms with Crippen molar-refractivity contribution in [2.24, 2.45) is 0 Å². The highest BCUT2D eigenvalue weighted by Gasteiger charge is 2.15. The molecule has 0 spiro atoms. The second-order valence-corrected chi connectivity index (χ2v) is 4.02. The Labute approximate surface area is 115 Å². The first-order chi connectivity index (χ1) is 9.65. The second kappa shape index (κ2) is 5.82.